The van der Waals surface area contributed by atoms with Gasteiger partial charge in [0.15, 0.2) is 0 Å². The third-order valence-electron chi connectivity index (χ3n) is 1.75. The molecule has 0 radical (unpaired) electrons. The fourth-order valence-corrected chi connectivity index (χ4v) is 2.11. The molecule has 0 unspecified atom stereocenters. The largest absolute Gasteiger partial charge is 0.478 e. The van der Waals surface area contributed by atoms with Crippen molar-refractivity contribution >= 4 is 29.3 Å². The van der Waals surface area contributed by atoms with E-state index in [1.54, 1.807) is 23.9 Å². The van der Waals surface area contributed by atoms with Crippen LogP contribution in [0.3, 0.4) is 0 Å². The van der Waals surface area contributed by atoms with Crippen LogP contribution in [0.15, 0.2) is 23.1 Å². The Kier molecular flexibility index (Phi) is 4.48. The summed E-state index contributed by atoms with van der Waals surface area (Å²) in [5, 5.41) is 9.16. The zero-order chi connectivity index (χ0) is 11.4. The highest BCUT2D eigenvalue weighted by atomic mass is 35.5. The molecule has 0 saturated carbocycles. The molecule has 0 bridgehead atoms. The van der Waals surface area contributed by atoms with Gasteiger partial charge in [-0.15, -0.1) is 11.8 Å². The number of carboxylic acids is 1. The van der Waals surface area contributed by atoms with Gasteiger partial charge in [-0.2, -0.15) is 0 Å². The lowest BCUT2D eigenvalue weighted by atomic mass is 10.2. The molecule has 82 valence electrons. The van der Waals surface area contributed by atoms with Crippen LogP contribution < -0.4 is 0 Å². The van der Waals surface area contributed by atoms with Gasteiger partial charge in [-0.1, -0.05) is 25.4 Å². The molecule has 1 aromatic carbocycles. The smallest absolute Gasteiger partial charge is 0.337 e. The van der Waals surface area contributed by atoms with Gasteiger partial charge in [0.2, 0.25) is 0 Å². The minimum Gasteiger partial charge on any atom is -0.478 e. The summed E-state index contributed by atoms with van der Waals surface area (Å²) < 4.78 is 0. The normalized spacial score (nSPS) is 10.7. The molecule has 0 aromatic heterocycles. The summed E-state index contributed by atoms with van der Waals surface area (Å²) in [5.41, 5.74) is 0.172. The van der Waals surface area contributed by atoms with Crippen molar-refractivity contribution in [2.45, 2.75) is 18.7 Å². The van der Waals surface area contributed by atoms with Gasteiger partial charge < -0.3 is 5.11 Å². The van der Waals surface area contributed by atoms with E-state index in [1.807, 2.05) is 6.07 Å². The first-order valence-corrected chi connectivity index (χ1v) is 6.02. The molecular formula is C11H13ClO2S. The summed E-state index contributed by atoms with van der Waals surface area (Å²) >= 11 is 7.41. The summed E-state index contributed by atoms with van der Waals surface area (Å²) in [7, 11) is 0. The molecule has 0 spiro atoms. The van der Waals surface area contributed by atoms with Crippen molar-refractivity contribution in [1.29, 1.82) is 0 Å². The summed E-state index contributed by atoms with van der Waals surface area (Å²) in [5.74, 6) is 0.576. The van der Waals surface area contributed by atoms with Crippen LogP contribution in [0.25, 0.3) is 0 Å². The van der Waals surface area contributed by atoms with Crippen molar-refractivity contribution in [2.75, 3.05) is 5.75 Å². The van der Waals surface area contributed by atoms with Crippen LogP contribution in [-0.4, -0.2) is 16.8 Å². The molecular weight excluding hydrogens is 232 g/mol. The monoisotopic (exact) mass is 244 g/mol. The van der Waals surface area contributed by atoms with Gasteiger partial charge in [0, 0.05) is 10.6 Å². The van der Waals surface area contributed by atoms with Crippen molar-refractivity contribution in [3.8, 4) is 0 Å². The minimum absolute atomic E-state index is 0.172. The number of rotatable bonds is 4. The van der Waals surface area contributed by atoms with Gasteiger partial charge in [-0.25, -0.2) is 4.79 Å². The van der Waals surface area contributed by atoms with Crippen molar-refractivity contribution in [1.82, 2.24) is 0 Å². The molecule has 0 fully saturated rings. The predicted molar refractivity (Wildman–Crippen MR) is 64.0 cm³/mol. The second-order valence-corrected chi connectivity index (χ2v) is 5.15. The molecule has 15 heavy (non-hydrogen) atoms. The Morgan fingerprint density at radius 2 is 2.20 bits per heavy atom. The molecule has 0 amide bonds. The maximum absolute atomic E-state index is 10.8. The van der Waals surface area contributed by atoms with Crippen molar-refractivity contribution in [3.63, 3.8) is 0 Å². The number of hydrogen-bond donors (Lipinski definition) is 1. The minimum atomic E-state index is -0.980. The molecule has 0 atom stereocenters. The molecule has 0 aliphatic carbocycles. The van der Waals surface area contributed by atoms with Crippen LogP contribution in [0.2, 0.25) is 5.02 Å². The molecule has 2 nitrogen and oxygen atoms in total. The quantitative estimate of drug-likeness (QED) is 0.819. The topological polar surface area (TPSA) is 37.3 Å². The summed E-state index contributed by atoms with van der Waals surface area (Å²) in [4.78, 5) is 11.8. The number of carboxylic acid groups (broad SMARTS) is 1. The number of hydrogen-bond acceptors (Lipinski definition) is 2. The number of halogens is 1. The van der Waals surface area contributed by atoms with Crippen LogP contribution in [0.4, 0.5) is 0 Å². The Morgan fingerprint density at radius 1 is 1.53 bits per heavy atom. The molecule has 1 rings (SSSR count). The highest BCUT2D eigenvalue weighted by Crippen LogP contribution is 2.25. The van der Waals surface area contributed by atoms with Gasteiger partial charge in [0.05, 0.1) is 10.6 Å². The van der Waals surface area contributed by atoms with Gasteiger partial charge in [0.25, 0.3) is 0 Å². The van der Waals surface area contributed by atoms with Crippen molar-refractivity contribution in [2.24, 2.45) is 5.92 Å². The van der Waals surface area contributed by atoms with Crippen LogP contribution in [0.1, 0.15) is 24.2 Å². The second kappa shape index (κ2) is 5.42. The van der Waals surface area contributed by atoms with Crippen molar-refractivity contribution in [3.05, 3.63) is 28.8 Å². The third kappa shape index (κ3) is 3.76. The number of carbonyl (C=O) groups is 1. The zero-order valence-corrected chi connectivity index (χ0v) is 10.2. The van der Waals surface area contributed by atoms with E-state index in [2.05, 4.69) is 13.8 Å². The first-order valence-electron chi connectivity index (χ1n) is 4.66. The number of benzene rings is 1. The maximum Gasteiger partial charge on any atom is 0.337 e. The molecule has 0 aliphatic heterocycles. The Bertz CT molecular complexity index is 364. The molecule has 0 saturated heterocycles. The number of thioether (sulfide) groups is 1. The average Bonchev–Trinajstić information content (AvgIpc) is 2.16. The Hall–Kier alpha value is -0.670. The van der Waals surface area contributed by atoms with E-state index in [1.165, 1.54) is 0 Å². The summed E-state index contributed by atoms with van der Waals surface area (Å²) in [6.07, 6.45) is 0. The van der Waals surface area contributed by atoms with Crippen LogP contribution in [0, 0.1) is 5.92 Å². The second-order valence-electron chi connectivity index (χ2n) is 3.65. The van der Waals surface area contributed by atoms with Gasteiger partial charge >= 0.3 is 5.97 Å². The van der Waals surface area contributed by atoms with Gasteiger partial charge in [-0.05, 0) is 24.1 Å². The lowest BCUT2D eigenvalue weighted by Crippen LogP contribution is -1.98. The van der Waals surface area contributed by atoms with E-state index < -0.39 is 5.97 Å². The van der Waals surface area contributed by atoms with E-state index in [4.69, 9.17) is 16.7 Å². The Labute approximate surface area is 98.6 Å². The third-order valence-corrected chi connectivity index (χ3v) is 3.50. The average molecular weight is 245 g/mol. The molecule has 1 N–H and O–H groups in total. The lowest BCUT2D eigenvalue weighted by Gasteiger charge is -2.06. The first kappa shape index (κ1) is 12.4. The van der Waals surface area contributed by atoms with Crippen LogP contribution in [-0.2, 0) is 0 Å². The Balaban J connectivity index is 2.83. The van der Waals surface area contributed by atoms with Gasteiger partial charge in [0.1, 0.15) is 0 Å². The first-order chi connectivity index (χ1) is 7.00. The van der Waals surface area contributed by atoms with E-state index in [9.17, 15) is 4.79 Å². The molecule has 0 aliphatic rings. The summed E-state index contributed by atoms with van der Waals surface area (Å²) in [6.45, 7) is 4.25. The van der Waals surface area contributed by atoms with E-state index >= 15 is 0 Å². The highest BCUT2D eigenvalue weighted by Gasteiger charge is 2.09. The van der Waals surface area contributed by atoms with E-state index in [0.717, 1.165) is 10.6 Å². The maximum atomic E-state index is 10.8. The fourth-order valence-electron chi connectivity index (χ4n) is 1.02. The molecule has 0 heterocycles. The summed E-state index contributed by atoms with van der Waals surface area (Å²) in [6, 6.07) is 5.10. The molecule has 1 aromatic rings. The van der Waals surface area contributed by atoms with E-state index in [-0.39, 0.29) is 10.6 Å². The standard InChI is InChI=1S/C11H13ClO2S/c1-7(2)6-15-8-3-4-10(12)9(5-8)11(13)14/h3-5,7H,6H2,1-2H3,(H,13,14). The van der Waals surface area contributed by atoms with Gasteiger partial charge in [-0.3, -0.25) is 0 Å². The number of aromatic carboxylic acids is 1. The lowest BCUT2D eigenvalue weighted by molar-refractivity contribution is 0.0697. The van der Waals surface area contributed by atoms with Crippen LogP contribution in [0.5, 0.6) is 0 Å². The van der Waals surface area contributed by atoms with Crippen LogP contribution >= 0.6 is 23.4 Å². The van der Waals surface area contributed by atoms with Crippen molar-refractivity contribution < 1.29 is 9.90 Å². The molecule has 4 heteroatoms. The zero-order valence-electron chi connectivity index (χ0n) is 8.66. The SMILES string of the molecule is CC(C)CSc1ccc(Cl)c(C(=O)O)c1. The predicted octanol–water partition coefficient (Wildman–Crippen LogP) is 3.79. The Morgan fingerprint density at radius 3 is 2.73 bits per heavy atom. The fraction of sp³-hybridized carbons (Fsp3) is 0.364. The van der Waals surface area contributed by atoms with E-state index in [0.29, 0.717) is 5.92 Å². The highest BCUT2D eigenvalue weighted by molar-refractivity contribution is 7.99.